The smallest absolute Gasteiger partial charge is 0.101 e. The van der Waals surface area contributed by atoms with Gasteiger partial charge in [-0.1, -0.05) is 11.6 Å². The molecule has 0 saturated heterocycles. The van der Waals surface area contributed by atoms with Gasteiger partial charge in [0, 0.05) is 30.9 Å². The quantitative estimate of drug-likeness (QED) is 0.862. The predicted octanol–water partition coefficient (Wildman–Crippen LogP) is 3.74. The maximum atomic E-state index is 8.82. The van der Waals surface area contributed by atoms with Crippen LogP contribution in [0.25, 0.3) is 0 Å². The van der Waals surface area contributed by atoms with Crippen molar-refractivity contribution >= 4 is 17.3 Å². The second kappa shape index (κ2) is 7.37. The number of nitrogens with zero attached hydrogens (tertiary/aromatic N) is 2. The first-order valence-corrected chi connectivity index (χ1v) is 7.02. The fraction of sp³-hybridized carbons (Fsp3) is 0.533. The van der Waals surface area contributed by atoms with Crippen molar-refractivity contribution in [1.82, 2.24) is 4.90 Å². The Kier molecular flexibility index (Phi) is 6.14. The Labute approximate surface area is 121 Å². The first-order valence-electron chi connectivity index (χ1n) is 6.65. The SMILES string of the molecule is CC(C)N(CCNc1ccc(C#N)c(Cl)c1)C(C)C. The summed E-state index contributed by atoms with van der Waals surface area (Å²) >= 11 is 6.00. The first kappa shape index (κ1) is 15.8. The van der Waals surface area contributed by atoms with Crippen LogP contribution in [0.5, 0.6) is 0 Å². The molecule has 0 aliphatic carbocycles. The van der Waals surface area contributed by atoms with Crippen LogP contribution in [-0.4, -0.2) is 30.1 Å². The van der Waals surface area contributed by atoms with Crippen molar-refractivity contribution in [3.63, 3.8) is 0 Å². The van der Waals surface area contributed by atoms with Crippen LogP contribution in [0.4, 0.5) is 5.69 Å². The summed E-state index contributed by atoms with van der Waals surface area (Å²) < 4.78 is 0. The highest BCUT2D eigenvalue weighted by molar-refractivity contribution is 6.32. The molecule has 0 spiro atoms. The number of nitriles is 1. The Morgan fingerprint density at radius 2 is 1.89 bits per heavy atom. The van der Waals surface area contributed by atoms with E-state index in [9.17, 15) is 0 Å². The van der Waals surface area contributed by atoms with Gasteiger partial charge in [-0.2, -0.15) is 5.26 Å². The number of rotatable bonds is 6. The van der Waals surface area contributed by atoms with E-state index in [0.29, 0.717) is 22.7 Å². The molecule has 0 bridgehead atoms. The van der Waals surface area contributed by atoms with Gasteiger partial charge in [0.25, 0.3) is 0 Å². The number of halogens is 1. The summed E-state index contributed by atoms with van der Waals surface area (Å²) in [5.74, 6) is 0. The second-order valence-electron chi connectivity index (χ2n) is 5.16. The topological polar surface area (TPSA) is 39.1 Å². The Morgan fingerprint density at radius 3 is 2.37 bits per heavy atom. The fourth-order valence-corrected chi connectivity index (χ4v) is 2.38. The van der Waals surface area contributed by atoms with E-state index in [2.05, 4.69) is 44.0 Å². The molecule has 0 aromatic heterocycles. The van der Waals surface area contributed by atoms with Gasteiger partial charge in [-0.25, -0.2) is 0 Å². The van der Waals surface area contributed by atoms with Crippen molar-refractivity contribution in [2.24, 2.45) is 0 Å². The van der Waals surface area contributed by atoms with E-state index in [1.54, 1.807) is 12.1 Å². The summed E-state index contributed by atoms with van der Waals surface area (Å²) in [4.78, 5) is 2.43. The van der Waals surface area contributed by atoms with E-state index in [4.69, 9.17) is 16.9 Å². The van der Waals surface area contributed by atoms with E-state index in [-0.39, 0.29) is 0 Å². The summed E-state index contributed by atoms with van der Waals surface area (Å²) in [6.07, 6.45) is 0. The van der Waals surface area contributed by atoms with E-state index < -0.39 is 0 Å². The molecule has 1 rings (SSSR count). The minimum Gasteiger partial charge on any atom is -0.384 e. The van der Waals surface area contributed by atoms with Gasteiger partial charge in [-0.05, 0) is 45.9 Å². The van der Waals surface area contributed by atoms with Gasteiger partial charge in [0.05, 0.1) is 10.6 Å². The molecular formula is C15H22ClN3. The minimum atomic E-state index is 0.497. The average Bonchev–Trinajstić information content (AvgIpc) is 2.33. The number of nitrogens with one attached hydrogen (secondary N) is 1. The molecule has 0 saturated carbocycles. The van der Waals surface area contributed by atoms with Crippen molar-refractivity contribution < 1.29 is 0 Å². The van der Waals surface area contributed by atoms with Gasteiger partial charge in [-0.15, -0.1) is 0 Å². The van der Waals surface area contributed by atoms with E-state index in [1.165, 1.54) is 0 Å². The van der Waals surface area contributed by atoms with Crippen LogP contribution in [0.3, 0.4) is 0 Å². The van der Waals surface area contributed by atoms with Gasteiger partial charge >= 0.3 is 0 Å². The standard InChI is InChI=1S/C15H22ClN3/c1-11(2)19(12(3)4)8-7-18-14-6-5-13(10-17)15(16)9-14/h5-6,9,11-12,18H,7-8H2,1-4H3. The molecule has 0 unspecified atom stereocenters. The zero-order chi connectivity index (χ0) is 14.4. The fourth-order valence-electron chi connectivity index (χ4n) is 2.16. The Morgan fingerprint density at radius 1 is 1.26 bits per heavy atom. The third-order valence-corrected chi connectivity index (χ3v) is 3.43. The molecule has 104 valence electrons. The van der Waals surface area contributed by atoms with Crippen LogP contribution in [0, 0.1) is 11.3 Å². The molecule has 0 fully saturated rings. The lowest BCUT2D eigenvalue weighted by atomic mass is 10.2. The summed E-state index contributed by atoms with van der Waals surface area (Å²) in [6, 6.07) is 8.56. The lowest BCUT2D eigenvalue weighted by Gasteiger charge is -2.30. The summed E-state index contributed by atoms with van der Waals surface area (Å²) in [5, 5.41) is 12.7. The Hall–Kier alpha value is -1.24. The van der Waals surface area contributed by atoms with Crippen LogP contribution in [0.2, 0.25) is 5.02 Å². The van der Waals surface area contributed by atoms with E-state index in [1.807, 2.05) is 6.07 Å². The van der Waals surface area contributed by atoms with Crippen molar-refractivity contribution in [3.8, 4) is 6.07 Å². The molecule has 0 aliphatic heterocycles. The van der Waals surface area contributed by atoms with Gasteiger partial charge in [0.2, 0.25) is 0 Å². The average molecular weight is 280 g/mol. The summed E-state index contributed by atoms with van der Waals surface area (Å²) in [5.41, 5.74) is 1.47. The Bertz CT molecular complexity index is 441. The molecule has 0 aliphatic rings. The molecule has 1 aromatic carbocycles. The highest BCUT2D eigenvalue weighted by Gasteiger charge is 2.12. The number of benzene rings is 1. The normalized spacial score (nSPS) is 11.1. The van der Waals surface area contributed by atoms with E-state index >= 15 is 0 Å². The van der Waals surface area contributed by atoms with Crippen molar-refractivity contribution in [2.75, 3.05) is 18.4 Å². The largest absolute Gasteiger partial charge is 0.384 e. The lowest BCUT2D eigenvalue weighted by Crippen LogP contribution is -2.40. The van der Waals surface area contributed by atoms with Gasteiger partial charge < -0.3 is 5.32 Å². The zero-order valence-corrected chi connectivity index (χ0v) is 12.8. The van der Waals surface area contributed by atoms with Crippen LogP contribution >= 0.6 is 11.6 Å². The second-order valence-corrected chi connectivity index (χ2v) is 5.57. The molecule has 0 atom stereocenters. The molecule has 1 N–H and O–H groups in total. The van der Waals surface area contributed by atoms with Gasteiger partial charge in [0.15, 0.2) is 0 Å². The van der Waals surface area contributed by atoms with Crippen molar-refractivity contribution in [3.05, 3.63) is 28.8 Å². The molecular weight excluding hydrogens is 258 g/mol. The monoisotopic (exact) mass is 279 g/mol. The number of hydrogen-bond donors (Lipinski definition) is 1. The van der Waals surface area contributed by atoms with Crippen LogP contribution in [0.15, 0.2) is 18.2 Å². The third-order valence-electron chi connectivity index (χ3n) is 3.12. The van der Waals surface area contributed by atoms with Crippen molar-refractivity contribution in [1.29, 1.82) is 5.26 Å². The molecule has 4 heteroatoms. The molecule has 1 aromatic rings. The molecule has 0 amide bonds. The minimum absolute atomic E-state index is 0.497. The highest BCUT2D eigenvalue weighted by Crippen LogP contribution is 2.20. The molecule has 0 heterocycles. The maximum absolute atomic E-state index is 8.82. The van der Waals surface area contributed by atoms with Crippen molar-refractivity contribution in [2.45, 2.75) is 39.8 Å². The first-order chi connectivity index (χ1) is 8.95. The summed E-state index contributed by atoms with van der Waals surface area (Å²) in [7, 11) is 0. The van der Waals surface area contributed by atoms with Gasteiger partial charge in [0.1, 0.15) is 6.07 Å². The van der Waals surface area contributed by atoms with Crippen LogP contribution in [0.1, 0.15) is 33.3 Å². The van der Waals surface area contributed by atoms with Gasteiger partial charge in [-0.3, -0.25) is 4.90 Å². The molecule has 19 heavy (non-hydrogen) atoms. The maximum Gasteiger partial charge on any atom is 0.101 e. The predicted molar refractivity (Wildman–Crippen MR) is 81.6 cm³/mol. The molecule has 0 radical (unpaired) electrons. The van der Waals surface area contributed by atoms with E-state index in [0.717, 1.165) is 18.8 Å². The summed E-state index contributed by atoms with van der Waals surface area (Å²) in [6.45, 7) is 10.7. The van der Waals surface area contributed by atoms with Crippen LogP contribution in [-0.2, 0) is 0 Å². The van der Waals surface area contributed by atoms with Crippen LogP contribution < -0.4 is 5.32 Å². The zero-order valence-electron chi connectivity index (χ0n) is 12.1. The lowest BCUT2D eigenvalue weighted by molar-refractivity contribution is 0.182. The number of hydrogen-bond acceptors (Lipinski definition) is 3. The third kappa shape index (κ3) is 4.74. The Balaban J connectivity index is 2.54. The highest BCUT2D eigenvalue weighted by atomic mass is 35.5. The molecule has 3 nitrogen and oxygen atoms in total. The number of anilines is 1.